The third kappa shape index (κ3) is 5.04. The molecule has 0 saturated heterocycles. The Hall–Kier alpha value is -3.63. The molecule has 1 aromatic heterocycles. The molecule has 1 nitrogen and oxygen atoms in total. The minimum atomic E-state index is 0.636. The molecule has 4 aromatic rings. The van der Waals surface area contributed by atoms with Crippen LogP contribution in [0.25, 0.3) is 22.4 Å². The van der Waals surface area contributed by atoms with Crippen LogP contribution in [0, 0.1) is 17.8 Å². The van der Waals surface area contributed by atoms with Crippen LogP contribution in [-0.4, -0.2) is 4.98 Å². The molecule has 0 aliphatic carbocycles. The summed E-state index contributed by atoms with van der Waals surface area (Å²) in [5, 5.41) is 0. The molecule has 0 radical (unpaired) electrons. The molecule has 0 aliphatic heterocycles. The van der Waals surface area contributed by atoms with Gasteiger partial charge in [0.25, 0.3) is 0 Å². The van der Waals surface area contributed by atoms with Gasteiger partial charge in [0.2, 0.25) is 0 Å². The van der Waals surface area contributed by atoms with Crippen LogP contribution >= 0.6 is 0 Å². The zero-order chi connectivity index (χ0) is 20.8. The van der Waals surface area contributed by atoms with E-state index in [2.05, 4.69) is 103 Å². The zero-order valence-electron chi connectivity index (χ0n) is 17.5. The average molecular weight is 388 g/mol. The van der Waals surface area contributed by atoms with E-state index in [4.69, 9.17) is 0 Å². The quantitative estimate of drug-likeness (QED) is 0.343. The second kappa shape index (κ2) is 9.25. The summed E-state index contributed by atoms with van der Waals surface area (Å²) in [7, 11) is 0. The number of pyridine rings is 1. The van der Waals surface area contributed by atoms with E-state index >= 15 is 0 Å². The highest BCUT2D eigenvalue weighted by molar-refractivity contribution is 5.66. The Kier molecular flexibility index (Phi) is 6.06. The minimum Gasteiger partial charge on any atom is -0.256 e. The second-order valence-corrected chi connectivity index (χ2v) is 7.93. The summed E-state index contributed by atoms with van der Waals surface area (Å²) < 4.78 is 0. The third-order valence-corrected chi connectivity index (χ3v) is 4.95. The van der Waals surface area contributed by atoms with Crippen molar-refractivity contribution in [2.75, 3.05) is 0 Å². The molecule has 0 atom stereocenters. The zero-order valence-corrected chi connectivity index (χ0v) is 17.5. The molecule has 0 spiro atoms. The lowest BCUT2D eigenvalue weighted by Crippen LogP contribution is -1.95. The highest BCUT2D eigenvalue weighted by Crippen LogP contribution is 2.21. The van der Waals surface area contributed by atoms with E-state index in [9.17, 15) is 0 Å². The van der Waals surface area contributed by atoms with Gasteiger partial charge in [0.15, 0.2) is 0 Å². The van der Waals surface area contributed by atoms with Crippen LogP contribution in [-0.2, 0) is 6.42 Å². The SMILES string of the molecule is CC(C)Cc1ccc(-c2cccc(C#Cc3cccc(-c4ccccc4)c3)c2)nc1. The van der Waals surface area contributed by atoms with Crippen molar-refractivity contribution in [2.24, 2.45) is 5.92 Å². The van der Waals surface area contributed by atoms with E-state index in [0.717, 1.165) is 28.8 Å². The maximum atomic E-state index is 4.66. The lowest BCUT2D eigenvalue weighted by molar-refractivity contribution is 0.646. The van der Waals surface area contributed by atoms with Gasteiger partial charge >= 0.3 is 0 Å². The van der Waals surface area contributed by atoms with E-state index in [1.807, 2.05) is 24.4 Å². The first-order valence-corrected chi connectivity index (χ1v) is 10.4. The summed E-state index contributed by atoms with van der Waals surface area (Å²) in [5.41, 5.74) is 7.75. The van der Waals surface area contributed by atoms with Crippen LogP contribution in [0.15, 0.2) is 97.2 Å². The topological polar surface area (TPSA) is 12.9 Å². The van der Waals surface area contributed by atoms with Crippen LogP contribution in [0.5, 0.6) is 0 Å². The van der Waals surface area contributed by atoms with E-state index in [1.165, 1.54) is 16.7 Å². The molecule has 0 saturated carbocycles. The van der Waals surface area contributed by atoms with Gasteiger partial charge < -0.3 is 0 Å². The van der Waals surface area contributed by atoms with Gasteiger partial charge in [-0.25, -0.2) is 0 Å². The van der Waals surface area contributed by atoms with Gasteiger partial charge in [0.1, 0.15) is 0 Å². The van der Waals surface area contributed by atoms with Crippen molar-refractivity contribution >= 4 is 0 Å². The molecular formula is C29H25N. The minimum absolute atomic E-state index is 0.636. The van der Waals surface area contributed by atoms with Gasteiger partial charge in [0.05, 0.1) is 5.69 Å². The molecule has 30 heavy (non-hydrogen) atoms. The predicted octanol–water partition coefficient (Wildman–Crippen LogP) is 7.01. The smallest absolute Gasteiger partial charge is 0.0702 e. The first kappa shape index (κ1) is 19.7. The highest BCUT2D eigenvalue weighted by Gasteiger charge is 2.03. The standard InChI is InChI=1S/C29H25N/c1-22(2)18-25-16-17-29(30-21-25)28-13-7-9-24(20-28)15-14-23-8-6-12-27(19-23)26-10-4-3-5-11-26/h3-13,16-17,19-22H,18H2,1-2H3. The molecule has 0 unspecified atom stereocenters. The Labute approximate surface area is 179 Å². The van der Waals surface area contributed by atoms with Crippen molar-refractivity contribution < 1.29 is 0 Å². The van der Waals surface area contributed by atoms with E-state index in [1.54, 1.807) is 0 Å². The maximum absolute atomic E-state index is 4.66. The fourth-order valence-electron chi connectivity index (χ4n) is 3.50. The fraction of sp³-hybridized carbons (Fsp3) is 0.138. The van der Waals surface area contributed by atoms with Gasteiger partial charge in [-0.05, 0) is 59.4 Å². The Morgan fingerprint density at radius 2 is 1.30 bits per heavy atom. The first-order valence-electron chi connectivity index (χ1n) is 10.4. The van der Waals surface area contributed by atoms with Crippen molar-refractivity contribution in [3.05, 3.63) is 114 Å². The van der Waals surface area contributed by atoms with Crippen LogP contribution < -0.4 is 0 Å². The number of benzene rings is 3. The molecule has 0 fully saturated rings. The average Bonchev–Trinajstić information content (AvgIpc) is 2.79. The van der Waals surface area contributed by atoms with Crippen LogP contribution in [0.2, 0.25) is 0 Å². The summed E-state index contributed by atoms with van der Waals surface area (Å²) in [6.07, 6.45) is 3.05. The normalized spacial score (nSPS) is 10.5. The molecule has 3 aromatic carbocycles. The molecule has 0 bridgehead atoms. The van der Waals surface area contributed by atoms with Gasteiger partial charge in [0, 0.05) is 22.9 Å². The summed E-state index contributed by atoms with van der Waals surface area (Å²) in [4.78, 5) is 4.66. The predicted molar refractivity (Wildman–Crippen MR) is 126 cm³/mol. The monoisotopic (exact) mass is 387 g/mol. The van der Waals surface area contributed by atoms with Gasteiger partial charge in [-0.15, -0.1) is 0 Å². The summed E-state index contributed by atoms with van der Waals surface area (Å²) in [5.74, 6) is 7.26. The number of hydrogen-bond donors (Lipinski definition) is 0. The van der Waals surface area contributed by atoms with Crippen LogP contribution in [0.4, 0.5) is 0 Å². The molecule has 4 rings (SSSR count). The lowest BCUT2D eigenvalue weighted by atomic mass is 10.0. The highest BCUT2D eigenvalue weighted by atomic mass is 14.7. The second-order valence-electron chi connectivity index (χ2n) is 7.93. The molecule has 0 N–H and O–H groups in total. The number of hydrogen-bond acceptors (Lipinski definition) is 1. The van der Waals surface area contributed by atoms with E-state index in [-0.39, 0.29) is 0 Å². The fourth-order valence-corrected chi connectivity index (χ4v) is 3.50. The first-order chi connectivity index (χ1) is 14.7. The Balaban J connectivity index is 1.56. The van der Waals surface area contributed by atoms with Crippen LogP contribution in [0.1, 0.15) is 30.5 Å². The number of nitrogens with zero attached hydrogens (tertiary/aromatic N) is 1. The van der Waals surface area contributed by atoms with Gasteiger partial charge in [-0.2, -0.15) is 0 Å². The van der Waals surface area contributed by atoms with Crippen molar-refractivity contribution in [3.63, 3.8) is 0 Å². The third-order valence-electron chi connectivity index (χ3n) is 4.95. The van der Waals surface area contributed by atoms with Crippen molar-refractivity contribution in [3.8, 4) is 34.2 Å². The van der Waals surface area contributed by atoms with Crippen molar-refractivity contribution in [1.29, 1.82) is 0 Å². The van der Waals surface area contributed by atoms with Gasteiger partial charge in [-0.3, -0.25) is 4.98 Å². The molecule has 1 heteroatoms. The molecule has 146 valence electrons. The Bertz CT molecular complexity index is 1180. The van der Waals surface area contributed by atoms with Crippen molar-refractivity contribution in [1.82, 2.24) is 4.98 Å². The van der Waals surface area contributed by atoms with E-state index in [0.29, 0.717) is 5.92 Å². The lowest BCUT2D eigenvalue weighted by Gasteiger charge is -2.06. The van der Waals surface area contributed by atoms with Crippen molar-refractivity contribution in [2.45, 2.75) is 20.3 Å². The van der Waals surface area contributed by atoms with E-state index < -0.39 is 0 Å². The largest absolute Gasteiger partial charge is 0.256 e. The van der Waals surface area contributed by atoms with Gasteiger partial charge in [-0.1, -0.05) is 86.4 Å². The molecule has 0 aliphatic rings. The molecule has 1 heterocycles. The molecular weight excluding hydrogens is 362 g/mol. The summed E-state index contributed by atoms with van der Waals surface area (Å²) >= 11 is 0. The Morgan fingerprint density at radius 3 is 1.93 bits per heavy atom. The number of rotatable bonds is 4. The van der Waals surface area contributed by atoms with Crippen LogP contribution in [0.3, 0.4) is 0 Å². The maximum Gasteiger partial charge on any atom is 0.0702 e. The Morgan fingerprint density at radius 1 is 0.667 bits per heavy atom. The summed E-state index contributed by atoms with van der Waals surface area (Å²) in [6.45, 7) is 4.46. The summed E-state index contributed by atoms with van der Waals surface area (Å²) in [6, 6.07) is 31.3. The molecule has 0 amide bonds. The number of aromatic nitrogens is 1.